The van der Waals surface area contributed by atoms with E-state index in [1.54, 1.807) is 17.1 Å². The third-order valence-corrected chi connectivity index (χ3v) is 7.05. The van der Waals surface area contributed by atoms with Crippen LogP contribution < -0.4 is 15.7 Å². The minimum absolute atomic E-state index is 0. The van der Waals surface area contributed by atoms with Crippen molar-refractivity contribution < 1.29 is 21.1 Å². The van der Waals surface area contributed by atoms with Crippen molar-refractivity contribution in [2.24, 2.45) is 0 Å². The zero-order chi connectivity index (χ0) is 23.6. The van der Waals surface area contributed by atoms with Crippen LogP contribution in [0, 0.1) is 12.1 Å². The Balaban J connectivity index is 0.00000231. The summed E-state index contributed by atoms with van der Waals surface area (Å²) in [4.78, 5) is 2.43. The Kier molecular flexibility index (Phi) is 5.01. The predicted octanol–water partition coefficient (Wildman–Crippen LogP) is 3.96. The van der Waals surface area contributed by atoms with E-state index in [0.717, 1.165) is 22.3 Å². The van der Waals surface area contributed by atoms with Crippen molar-refractivity contribution in [1.82, 2.24) is 24.8 Å². The number of nitrogens with zero attached hydrogens (tertiary/aromatic N) is 6. The van der Waals surface area contributed by atoms with E-state index in [1.807, 2.05) is 23.1 Å². The molecular weight excluding hydrogens is 638 g/mol. The number of anilines is 2. The summed E-state index contributed by atoms with van der Waals surface area (Å²) in [6.45, 7) is -0.112. The molecule has 4 heterocycles. The molecule has 0 N–H and O–H groups in total. The summed E-state index contributed by atoms with van der Waals surface area (Å²) in [7, 11) is 0. The van der Waals surface area contributed by atoms with E-state index in [0.29, 0.717) is 0 Å². The minimum Gasteiger partial charge on any atom is -0.381 e. The van der Waals surface area contributed by atoms with Crippen LogP contribution in [0.1, 0.15) is 0 Å². The van der Waals surface area contributed by atoms with Crippen molar-refractivity contribution in [3.8, 4) is 33.6 Å². The second-order valence-electron chi connectivity index (χ2n) is 8.95. The first-order valence-electron chi connectivity index (χ1n) is 11.8. The van der Waals surface area contributed by atoms with E-state index >= 15 is 0 Å². The Bertz CT molecular complexity index is 1630. The number of hydrogen-bond acceptors (Lipinski definition) is 4. The van der Waals surface area contributed by atoms with Crippen molar-refractivity contribution in [1.29, 1.82) is 0 Å². The summed E-state index contributed by atoms with van der Waals surface area (Å²) in [6.07, 6.45) is 7.27. The maximum Gasteiger partial charge on any atom is 2.00 e. The largest absolute Gasteiger partial charge is 2.00 e. The second-order valence-corrected chi connectivity index (χ2v) is 8.95. The van der Waals surface area contributed by atoms with Gasteiger partial charge in [-0.3, -0.25) is 4.68 Å². The molecule has 6 aromatic rings. The minimum atomic E-state index is -0.112. The first kappa shape index (κ1) is 22.0. The Morgan fingerprint density at radius 3 is 1.78 bits per heavy atom. The molecule has 37 heavy (non-hydrogen) atoms. The summed E-state index contributed by atoms with van der Waals surface area (Å²) >= 11 is 0. The van der Waals surface area contributed by atoms with Crippen LogP contribution >= 0.6 is 0 Å². The van der Waals surface area contributed by atoms with Crippen LogP contribution in [0.25, 0.3) is 33.6 Å². The molecule has 2 aliphatic heterocycles. The molecule has 0 aliphatic carbocycles. The molecule has 6 nitrogen and oxygen atoms in total. The third kappa shape index (κ3) is 3.21. The van der Waals surface area contributed by atoms with E-state index in [-0.39, 0.29) is 27.9 Å². The molecule has 0 bridgehead atoms. The summed E-state index contributed by atoms with van der Waals surface area (Å²) in [5.41, 5.74) is 11.0. The maximum atomic E-state index is 4.46. The van der Waals surface area contributed by atoms with Gasteiger partial charge in [0.25, 0.3) is 6.85 Å². The molecule has 0 unspecified atom stereocenters. The van der Waals surface area contributed by atoms with Gasteiger partial charge in [0, 0.05) is 30.0 Å². The molecule has 8 rings (SSSR count). The van der Waals surface area contributed by atoms with Gasteiger partial charge in [-0.2, -0.15) is 40.3 Å². The average Bonchev–Trinajstić information content (AvgIpc) is 3.67. The molecule has 2 aliphatic rings. The summed E-state index contributed by atoms with van der Waals surface area (Å²) in [5, 5.41) is 12.7. The topological polar surface area (TPSA) is 51.8 Å². The van der Waals surface area contributed by atoms with Gasteiger partial charge in [-0.25, -0.2) is 4.68 Å². The first-order valence-corrected chi connectivity index (χ1v) is 11.8. The van der Waals surface area contributed by atoms with E-state index in [4.69, 9.17) is 0 Å². The van der Waals surface area contributed by atoms with Crippen LogP contribution in [0.4, 0.5) is 11.4 Å². The molecular formula is C29H17BN6Pt. The zero-order valence-electron chi connectivity index (χ0n) is 19.4. The van der Waals surface area contributed by atoms with E-state index < -0.39 is 0 Å². The quantitative estimate of drug-likeness (QED) is 0.210. The number of benzene rings is 4. The van der Waals surface area contributed by atoms with Crippen LogP contribution in [0.2, 0.25) is 0 Å². The van der Waals surface area contributed by atoms with Crippen LogP contribution in [0.15, 0.2) is 104 Å². The molecule has 176 valence electrons. The fourth-order valence-electron chi connectivity index (χ4n) is 5.55. The molecule has 0 atom stereocenters. The van der Waals surface area contributed by atoms with E-state index in [2.05, 4.69) is 105 Å². The first-order chi connectivity index (χ1) is 17.9. The van der Waals surface area contributed by atoms with Gasteiger partial charge in [-0.05, 0) is 29.6 Å². The van der Waals surface area contributed by atoms with Crippen molar-refractivity contribution in [2.75, 3.05) is 4.81 Å². The molecule has 2 aromatic heterocycles. The standard InChI is InChI=1S/C29H17BN6.Pt/c1-3-8-28-24(6-1)22-12-10-20(34-16-5-14-32-34)18-26(22)30-27-19-21(35-17-15-31-33-35)11-13-23(27)25-7-2-4-9-29(25)36(28)30;/h1-17H;/q-2;+2. The molecule has 8 heteroatoms. The second kappa shape index (κ2) is 8.43. The number of hydrogen-bond donors (Lipinski definition) is 0. The molecule has 0 amide bonds. The van der Waals surface area contributed by atoms with Gasteiger partial charge in [-0.1, -0.05) is 52.7 Å². The van der Waals surface area contributed by atoms with Gasteiger partial charge >= 0.3 is 21.1 Å². The number of fused-ring (bicyclic) bond motifs is 11. The van der Waals surface area contributed by atoms with Crippen LogP contribution in [0.5, 0.6) is 0 Å². The fourth-order valence-corrected chi connectivity index (χ4v) is 5.55. The van der Waals surface area contributed by atoms with E-state index in [1.165, 1.54) is 33.6 Å². The summed E-state index contributed by atoms with van der Waals surface area (Å²) < 4.78 is 3.62. The normalized spacial score (nSPS) is 12.5. The molecule has 0 saturated carbocycles. The summed E-state index contributed by atoms with van der Waals surface area (Å²) in [6, 6.07) is 35.1. The van der Waals surface area contributed by atoms with Gasteiger partial charge in [0.15, 0.2) is 0 Å². The third-order valence-electron chi connectivity index (χ3n) is 7.05. The summed E-state index contributed by atoms with van der Waals surface area (Å²) in [5.74, 6) is 0. The zero-order valence-corrected chi connectivity index (χ0v) is 21.7. The van der Waals surface area contributed by atoms with Gasteiger partial charge in [0.1, 0.15) is 0 Å². The van der Waals surface area contributed by atoms with Crippen LogP contribution in [-0.4, -0.2) is 31.6 Å². The number of para-hydroxylation sites is 2. The van der Waals surface area contributed by atoms with Crippen LogP contribution in [0.3, 0.4) is 0 Å². The fraction of sp³-hybridized carbons (Fsp3) is 0. The van der Waals surface area contributed by atoms with Gasteiger partial charge in [0.05, 0.1) is 6.20 Å². The molecule has 0 radical (unpaired) electrons. The molecule has 4 aromatic carbocycles. The van der Waals surface area contributed by atoms with Gasteiger partial charge in [0.2, 0.25) is 0 Å². The molecule has 0 fully saturated rings. The van der Waals surface area contributed by atoms with Crippen molar-refractivity contribution in [3.63, 3.8) is 0 Å². The van der Waals surface area contributed by atoms with Crippen molar-refractivity contribution in [3.05, 3.63) is 116 Å². The Morgan fingerprint density at radius 1 is 0.595 bits per heavy atom. The Labute approximate surface area is 228 Å². The monoisotopic (exact) mass is 655 g/mol. The number of aromatic nitrogens is 5. The van der Waals surface area contributed by atoms with Gasteiger partial charge < -0.3 is 4.81 Å². The smallest absolute Gasteiger partial charge is 0.381 e. The molecule has 0 saturated heterocycles. The van der Waals surface area contributed by atoms with Crippen LogP contribution in [-0.2, 0) is 21.1 Å². The number of rotatable bonds is 2. The van der Waals surface area contributed by atoms with E-state index in [9.17, 15) is 0 Å². The maximum absolute atomic E-state index is 4.46. The van der Waals surface area contributed by atoms with Crippen molar-refractivity contribution >= 4 is 29.1 Å². The SMILES string of the molecule is [Pt+2].[c-]1c(-n2cccn2)ccc2c1B1c3[c-]c(-n4ccnn4)ccc3-c3ccccc3N1c1ccccc1-2. The average molecular weight is 655 g/mol. The van der Waals surface area contributed by atoms with Crippen molar-refractivity contribution in [2.45, 2.75) is 0 Å². The molecule has 0 spiro atoms. The Hall–Kier alpha value is -4.22. The van der Waals surface area contributed by atoms with Gasteiger partial charge in [-0.15, -0.1) is 28.4 Å². The Morgan fingerprint density at radius 2 is 1.22 bits per heavy atom. The predicted molar refractivity (Wildman–Crippen MR) is 141 cm³/mol.